The van der Waals surface area contributed by atoms with Crippen LogP contribution in [0.4, 0.5) is 17.6 Å². The number of carboxylic acid groups (broad SMARTS) is 1. The quantitative estimate of drug-likeness (QED) is 0.685. The van der Waals surface area contributed by atoms with Gasteiger partial charge in [0.25, 0.3) is 0 Å². The minimum atomic E-state index is -4.65. The second-order valence-corrected chi connectivity index (χ2v) is 6.20. The van der Waals surface area contributed by atoms with E-state index in [4.69, 9.17) is 5.11 Å². The first-order valence-electron chi connectivity index (χ1n) is 5.27. The van der Waals surface area contributed by atoms with Crippen molar-refractivity contribution in [2.45, 2.75) is 24.4 Å². The van der Waals surface area contributed by atoms with Crippen molar-refractivity contribution in [2.24, 2.45) is 0 Å². The zero-order chi connectivity index (χ0) is 15.7. The Morgan fingerprint density at radius 2 is 1.85 bits per heavy atom. The molecule has 0 fully saturated rings. The molecule has 0 atom stereocenters. The largest absolute Gasteiger partial charge is 0.478 e. The van der Waals surface area contributed by atoms with Crippen LogP contribution >= 0.6 is 0 Å². The van der Waals surface area contributed by atoms with Gasteiger partial charge in [-0.05, 0) is 24.6 Å². The van der Waals surface area contributed by atoms with Crippen LogP contribution in [-0.2, 0) is 9.84 Å². The van der Waals surface area contributed by atoms with Crippen molar-refractivity contribution in [2.75, 3.05) is 5.75 Å². The molecule has 0 saturated carbocycles. The van der Waals surface area contributed by atoms with Gasteiger partial charge in [-0.2, -0.15) is 13.2 Å². The Morgan fingerprint density at radius 3 is 2.30 bits per heavy atom. The Morgan fingerprint density at radius 1 is 1.30 bits per heavy atom. The monoisotopic (exact) mass is 314 g/mol. The van der Waals surface area contributed by atoms with Crippen molar-refractivity contribution < 1.29 is 35.9 Å². The first kappa shape index (κ1) is 16.4. The van der Waals surface area contributed by atoms with Gasteiger partial charge in [0.05, 0.1) is 22.6 Å². The topological polar surface area (TPSA) is 71.4 Å². The molecule has 0 spiro atoms. The van der Waals surface area contributed by atoms with Crippen molar-refractivity contribution >= 4 is 15.8 Å². The van der Waals surface area contributed by atoms with E-state index in [1.807, 2.05) is 0 Å². The van der Waals surface area contributed by atoms with Gasteiger partial charge in [0.15, 0.2) is 9.84 Å². The van der Waals surface area contributed by atoms with Crippen LogP contribution in [0.3, 0.4) is 0 Å². The minimum Gasteiger partial charge on any atom is -0.478 e. The summed E-state index contributed by atoms with van der Waals surface area (Å²) in [6.07, 6.45) is -6.22. The molecule has 112 valence electrons. The molecule has 1 rings (SSSR count). The normalized spacial score (nSPS) is 12.4. The summed E-state index contributed by atoms with van der Waals surface area (Å²) in [6, 6.07) is 1.34. The first-order chi connectivity index (χ1) is 8.94. The lowest BCUT2D eigenvalue weighted by Crippen LogP contribution is -2.17. The Labute approximate surface area is 111 Å². The van der Waals surface area contributed by atoms with E-state index in [1.54, 1.807) is 0 Å². The van der Waals surface area contributed by atoms with Crippen molar-refractivity contribution in [1.82, 2.24) is 0 Å². The fourth-order valence-corrected chi connectivity index (χ4v) is 2.83. The standard InChI is InChI=1S/C11H10F4O4S/c1-6-4-7(5-8(9(6)12)10(16)17)20(18,19)3-2-11(13,14)15/h4-5H,2-3H2,1H3,(H,16,17). The highest BCUT2D eigenvalue weighted by Crippen LogP contribution is 2.25. The predicted octanol–water partition coefficient (Wildman–Crippen LogP) is 2.56. The molecule has 0 aliphatic carbocycles. The highest BCUT2D eigenvalue weighted by Gasteiger charge is 2.31. The fourth-order valence-electron chi connectivity index (χ4n) is 1.44. The van der Waals surface area contributed by atoms with Gasteiger partial charge < -0.3 is 5.11 Å². The summed E-state index contributed by atoms with van der Waals surface area (Å²) in [4.78, 5) is 10.1. The van der Waals surface area contributed by atoms with Gasteiger partial charge >= 0.3 is 12.1 Å². The number of halogens is 4. The third-order valence-corrected chi connectivity index (χ3v) is 4.17. The van der Waals surface area contributed by atoms with E-state index in [-0.39, 0.29) is 5.56 Å². The summed E-state index contributed by atoms with van der Waals surface area (Å²) in [7, 11) is -4.34. The number of aromatic carboxylic acids is 1. The zero-order valence-corrected chi connectivity index (χ0v) is 11.0. The number of alkyl halides is 3. The molecule has 4 nitrogen and oxygen atoms in total. The molecule has 0 aromatic heterocycles. The lowest BCUT2D eigenvalue weighted by Gasteiger charge is -2.10. The van der Waals surface area contributed by atoms with Gasteiger partial charge in [-0.15, -0.1) is 0 Å². The van der Waals surface area contributed by atoms with Gasteiger partial charge in [0.1, 0.15) is 5.82 Å². The van der Waals surface area contributed by atoms with Crippen molar-refractivity contribution in [3.05, 3.63) is 29.1 Å². The average Bonchev–Trinajstić information content (AvgIpc) is 2.28. The number of aryl methyl sites for hydroxylation is 1. The smallest absolute Gasteiger partial charge is 0.390 e. The number of carbonyl (C=O) groups is 1. The second kappa shape index (κ2) is 5.39. The van der Waals surface area contributed by atoms with E-state index in [0.717, 1.165) is 13.0 Å². The van der Waals surface area contributed by atoms with E-state index < -0.39 is 50.4 Å². The van der Waals surface area contributed by atoms with Crippen LogP contribution in [0.1, 0.15) is 22.3 Å². The number of sulfone groups is 1. The molecule has 0 unspecified atom stereocenters. The van der Waals surface area contributed by atoms with Gasteiger partial charge in [-0.3, -0.25) is 0 Å². The average molecular weight is 314 g/mol. The maximum atomic E-state index is 13.4. The third kappa shape index (κ3) is 3.92. The summed E-state index contributed by atoms with van der Waals surface area (Å²) >= 11 is 0. The minimum absolute atomic E-state index is 0.268. The lowest BCUT2D eigenvalue weighted by molar-refractivity contribution is -0.129. The molecule has 0 heterocycles. The summed E-state index contributed by atoms with van der Waals surface area (Å²) in [6.45, 7) is 1.13. The van der Waals surface area contributed by atoms with Gasteiger partial charge in [0.2, 0.25) is 0 Å². The highest BCUT2D eigenvalue weighted by atomic mass is 32.2. The molecule has 0 aliphatic rings. The van der Waals surface area contributed by atoms with E-state index in [1.165, 1.54) is 0 Å². The van der Waals surface area contributed by atoms with Gasteiger partial charge in [0, 0.05) is 0 Å². The molecular weight excluding hydrogens is 304 g/mol. The zero-order valence-electron chi connectivity index (χ0n) is 10.2. The Bertz CT molecular complexity index is 635. The van der Waals surface area contributed by atoms with Crippen LogP contribution in [0.25, 0.3) is 0 Å². The number of benzene rings is 1. The van der Waals surface area contributed by atoms with Crippen molar-refractivity contribution in [1.29, 1.82) is 0 Å². The van der Waals surface area contributed by atoms with Crippen LogP contribution in [0, 0.1) is 12.7 Å². The number of carboxylic acids is 1. The highest BCUT2D eigenvalue weighted by molar-refractivity contribution is 7.91. The van der Waals surface area contributed by atoms with Crippen LogP contribution in [-0.4, -0.2) is 31.4 Å². The molecule has 0 bridgehead atoms. The number of rotatable bonds is 4. The maximum absolute atomic E-state index is 13.4. The van der Waals surface area contributed by atoms with Crippen LogP contribution < -0.4 is 0 Å². The molecule has 9 heteroatoms. The van der Waals surface area contributed by atoms with Crippen LogP contribution in [0.5, 0.6) is 0 Å². The SMILES string of the molecule is Cc1cc(S(=O)(=O)CCC(F)(F)F)cc(C(=O)O)c1F. The number of hydrogen-bond acceptors (Lipinski definition) is 3. The molecule has 1 N–H and O–H groups in total. The second-order valence-electron chi connectivity index (χ2n) is 4.09. The summed E-state index contributed by atoms with van der Waals surface area (Å²) in [5.41, 5.74) is -1.16. The summed E-state index contributed by atoms with van der Waals surface area (Å²) in [5, 5.41) is 8.72. The molecule has 20 heavy (non-hydrogen) atoms. The van der Waals surface area contributed by atoms with Crippen LogP contribution in [0.15, 0.2) is 17.0 Å². The Balaban J connectivity index is 3.23. The fraction of sp³-hybridized carbons (Fsp3) is 0.364. The molecule has 0 saturated heterocycles. The van der Waals surface area contributed by atoms with Crippen molar-refractivity contribution in [3.63, 3.8) is 0 Å². The van der Waals surface area contributed by atoms with Crippen molar-refractivity contribution in [3.8, 4) is 0 Å². The molecule has 1 aromatic rings. The van der Waals surface area contributed by atoms with E-state index >= 15 is 0 Å². The summed E-state index contributed by atoms with van der Waals surface area (Å²) in [5.74, 6) is -4.04. The Hall–Kier alpha value is -1.64. The van der Waals surface area contributed by atoms with E-state index in [2.05, 4.69) is 0 Å². The molecule has 1 aromatic carbocycles. The summed E-state index contributed by atoms with van der Waals surface area (Å²) < 4.78 is 72.9. The van der Waals surface area contributed by atoms with Crippen LogP contribution in [0.2, 0.25) is 0 Å². The molecule has 0 amide bonds. The third-order valence-electron chi connectivity index (χ3n) is 2.47. The molecular formula is C11H10F4O4S. The molecule has 0 aliphatic heterocycles. The predicted molar refractivity (Wildman–Crippen MR) is 60.8 cm³/mol. The number of hydrogen-bond donors (Lipinski definition) is 1. The van der Waals surface area contributed by atoms with Gasteiger partial charge in [-0.25, -0.2) is 17.6 Å². The maximum Gasteiger partial charge on any atom is 0.390 e. The van der Waals surface area contributed by atoms with E-state index in [0.29, 0.717) is 6.07 Å². The first-order valence-corrected chi connectivity index (χ1v) is 6.92. The Kier molecular flexibility index (Phi) is 4.42. The van der Waals surface area contributed by atoms with E-state index in [9.17, 15) is 30.8 Å². The molecule has 0 radical (unpaired) electrons. The lowest BCUT2D eigenvalue weighted by atomic mass is 10.1. The van der Waals surface area contributed by atoms with Gasteiger partial charge in [-0.1, -0.05) is 0 Å².